The summed E-state index contributed by atoms with van der Waals surface area (Å²) in [6.07, 6.45) is 20.8. The Kier molecular flexibility index (Phi) is 21.3. The molecule has 1 aliphatic heterocycles. The first-order chi connectivity index (χ1) is 18.1. The zero-order valence-corrected chi connectivity index (χ0v) is 27.1. The van der Waals surface area contributed by atoms with Crippen LogP contribution in [-0.2, 0) is 38.7 Å². The third-order valence-corrected chi connectivity index (χ3v) is 6.99. The van der Waals surface area contributed by atoms with Crippen LogP contribution in [0.3, 0.4) is 0 Å². The molecule has 0 amide bonds. The van der Waals surface area contributed by atoms with Crippen LogP contribution in [0.1, 0.15) is 77.6 Å². The minimum Gasteiger partial charge on any atom is -0.747 e. The summed E-state index contributed by atoms with van der Waals surface area (Å²) in [5.74, 6) is -3.04. The van der Waals surface area contributed by atoms with Gasteiger partial charge in [-0.15, -0.1) is 0 Å². The maximum atomic E-state index is 12.2. The molecule has 0 aliphatic carbocycles. The van der Waals surface area contributed by atoms with Gasteiger partial charge in [-0.1, -0.05) is 62.6 Å². The minimum atomic E-state index is -5.14. The fraction of sp³-hybridized carbons (Fsp3) is 0.667. The van der Waals surface area contributed by atoms with Crippen molar-refractivity contribution in [3.63, 3.8) is 0 Å². The van der Waals surface area contributed by atoms with Crippen LogP contribution in [0, 0.1) is 5.41 Å². The Balaban J connectivity index is 0.0000144. The van der Waals surface area contributed by atoms with Crippen LogP contribution in [0.15, 0.2) is 36.5 Å². The molecule has 1 heterocycles. The van der Waals surface area contributed by atoms with Gasteiger partial charge < -0.3 is 23.9 Å². The van der Waals surface area contributed by atoms with E-state index in [1.807, 2.05) is 0 Å². The quantitative estimate of drug-likeness (QED) is 0.0627. The molecule has 2 atom stereocenters. The van der Waals surface area contributed by atoms with Crippen LogP contribution in [0.2, 0.25) is 0 Å². The van der Waals surface area contributed by atoms with E-state index in [9.17, 15) is 32.5 Å². The molecule has 0 radical (unpaired) electrons. The number of unbranched alkanes of at least 4 members (excludes halogenated alkanes) is 5. The normalized spacial score (nSPS) is 20.7. The van der Waals surface area contributed by atoms with Gasteiger partial charge in [0.2, 0.25) is 0 Å². The van der Waals surface area contributed by atoms with Crippen molar-refractivity contribution < 1.29 is 98.1 Å². The Bertz CT molecular complexity index is 929. The van der Waals surface area contributed by atoms with E-state index in [1.165, 1.54) is 0 Å². The molecule has 0 spiro atoms. The molecule has 12 heteroatoms. The van der Waals surface area contributed by atoms with Crippen LogP contribution < -0.4 is 51.4 Å². The van der Waals surface area contributed by atoms with Crippen molar-refractivity contribution in [2.75, 3.05) is 26.4 Å². The van der Waals surface area contributed by atoms with E-state index < -0.39 is 71.5 Å². The number of carbonyl (C=O) groups excluding carboxylic acids is 3. The van der Waals surface area contributed by atoms with E-state index >= 15 is 0 Å². The second-order valence-corrected chi connectivity index (χ2v) is 10.9. The van der Waals surface area contributed by atoms with E-state index in [0.717, 1.165) is 51.4 Å². The van der Waals surface area contributed by atoms with Gasteiger partial charge in [0.05, 0.1) is 18.4 Å². The summed E-state index contributed by atoms with van der Waals surface area (Å²) in [6.45, 7) is -0.0263. The van der Waals surface area contributed by atoms with Gasteiger partial charge in [0, 0.05) is 6.42 Å². The summed E-state index contributed by atoms with van der Waals surface area (Å²) < 4.78 is 48.8. The summed E-state index contributed by atoms with van der Waals surface area (Å²) in [7, 11) is -5.14. The van der Waals surface area contributed by atoms with Gasteiger partial charge in [-0.25, -0.2) is 8.42 Å². The smallest absolute Gasteiger partial charge is 0.747 e. The van der Waals surface area contributed by atoms with E-state index in [2.05, 4.69) is 43.4 Å². The Morgan fingerprint density at radius 1 is 1.00 bits per heavy atom. The summed E-state index contributed by atoms with van der Waals surface area (Å²) in [6, 6.07) is 0. The number of rotatable bonds is 17. The maximum Gasteiger partial charge on any atom is 1.00 e. The van der Waals surface area contributed by atoms with Crippen LogP contribution in [-0.4, -0.2) is 67.7 Å². The van der Waals surface area contributed by atoms with Gasteiger partial charge in [0.1, 0.15) is 29.9 Å². The first kappa shape index (κ1) is 38.1. The second kappa shape index (κ2) is 21.8. The van der Waals surface area contributed by atoms with E-state index in [0.29, 0.717) is 6.42 Å². The first-order valence-electron chi connectivity index (χ1n) is 13.1. The van der Waals surface area contributed by atoms with Gasteiger partial charge in [-0.2, -0.15) is 0 Å². The van der Waals surface area contributed by atoms with E-state index in [-0.39, 0.29) is 57.8 Å². The zero-order chi connectivity index (χ0) is 28.3. The van der Waals surface area contributed by atoms with Gasteiger partial charge >= 0.3 is 69.3 Å². The number of cyclic esters (lactones) is 2. The molecule has 1 N–H and O–H groups in total. The van der Waals surface area contributed by atoms with Crippen molar-refractivity contribution in [3.05, 3.63) is 36.5 Å². The number of aliphatic hydroxyl groups excluding tert-OH is 1. The molecule has 1 saturated heterocycles. The van der Waals surface area contributed by atoms with Gasteiger partial charge in [-0.05, 0) is 38.5 Å². The minimum absolute atomic E-state index is 0. The Hall–Kier alpha value is -0.864. The second-order valence-electron chi connectivity index (χ2n) is 9.37. The summed E-state index contributed by atoms with van der Waals surface area (Å²) >= 11 is 0. The molecule has 0 saturated carbocycles. The third kappa shape index (κ3) is 17.5. The number of allylic oxidation sites excluding steroid dienone is 6. The fourth-order valence-corrected chi connectivity index (χ4v) is 4.16. The average Bonchev–Trinajstić information content (AvgIpc) is 2.94. The van der Waals surface area contributed by atoms with Crippen molar-refractivity contribution >= 4 is 28.0 Å². The molecule has 0 aromatic carbocycles. The average molecular weight is 597 g/mol. The molecule has 0 aromatic heterocycles. The SMILES string of the molecule is CC/C=C\C/C=C\C/C=C\CCCCCCCC(=O)OCC1(CO)COC(=O)CC(S(=O)(=O)[O-])C(=O)OC1.[K+]. The number of esters is 3. The van der Waals surface area contributed by atoms with Crippen molar-refractivity contribution in [3.8, 4) is 0 Å². The molecule has 1 fully saturated rings. The van der Waals surface area contributed by atoms with Crippen molar-refractivity contribution in [2.24, 2.45) is 5.41 Å². The Morgan fingerprint density at radius 3 is 2.23 bits per heavy atom. The molecule has 216 valence electrons. The van der Waals surface area contributed by atoms with Crippen LogP contribution in [0.5, 0.6) is 0 Å². The van der Waals surface area contributed by atoms with Crippen LogP contribution in [0.4, 0.5) is 0 Å². The number of carbonyl (C=O) groups is 3. The van der Waals surface area contributed by atoms with Crippen LogP contribution in [0.25, 0.3) is 0 Å². The summed E-state index contributed by atoms with van der Waals surface area (Å²) in [5.41, 5.74) is -1.46. The molecular weight excluding hydrogens is 555 g/mol. The Morgan fingerprint density at radius 2 is 1.59 bits per heavy atom. The molecule has 1 rings (SSSR count). The fourth-order valence-electron chi connectivity index (χ4n) is 3.52. The van der Waals surface area contributed by atoms with Crippen molar-refractivity contribution in [2.45, 2.75) is 82.8 Å². The third-order valence-electron chi connectivity index (χ3n) is 5.93. The Labute approximate surface area is 274 Å². The topological polar surface area (TPSA) is 156 Å². The molecule has 39 heavy (non-hydrogen) atoms. The van der Waals surface area contributed by atoms with Crippen molar-refractivity contribution in [1.82, 2.24) is 0 Å². The predicted molar refractivity (Wildman–Crippen MR) is 140 cm³/mol. The zero-order valence-electron chi connectivity index (χ0n) is 23.2. The summed E-state index contributed by atoms with van der Waals surface area (Å²) in [5, 5.41) is 7.58. The predicted octanol–water partition coefficient (Wildman–Crippen LogP) is 0.506. The number of ether oxygens (including phenoxy) is 3. The summed E-state index contributed by atoms with van der Waals surface area (Å²) in [4.78, 5) is 36.0. The van der Waals surface area contributed by atoms with Gasteiger partial charge in [-0.3, -0.25) is 14.4 Å². The molecule has 10 nitrogen and oxygen atoms in total. The molecule has 0 bridgehead atoms. The standard InChI is InChI=1S/C27H42O10S.K/c1-2-3-4-5-6-7-8-9-10-11-12-13-14-15-16-17-24(29)35-20-27(19-28)21-36-25(30)18-23(38(32,33)34)26(31)37-22-27;/h3-4,6-7,9-10,23,28H,2,5,8,11-22H2,1H3,(H,32,33,34);/q;+1/p-1/b4-3-,7-6-,10-9-;. The molecule has 1 aliphatic rings. The van der Waals surface area contributed by atoms with Gasteiger partial charge in [0.15, 0.2) is 5.25 Å². The van der Waals surface area contributed by atoms with E-state index in [1.54, 1.807) is 0 Å². The monoisotopic (exact) mass is 596 g/mol. The largest absolute Gasteiger partial charge is 1.00 e. The van der Waals surface area contributed by atoms with Crippen LogP contribution >= 0.6 is 0 Å². The number of hydrogen-bond acceptors (Lipinski definition) is 10. The number of hydrogen-bond donors (Lipinski definition) is 1. The van der Waals surface area contributed by atoms with E-state index in [4.69, 9.17) is 14.2 Å². The maximum absolute atomic E-state index is 12.2. The molecular formula is C27H41KO10S. The van der Waals surface area contributed by atoms with Gasteiger partial charge in [0.25, 0.3) is 0 Å². The first-order valence-corrected chi connectivity index (χ1v) is 14.6. The molecule has 0 aromatic rings. The van der Waals surface area contributed by atoms with Crippen molar-refractivity contribution in [1.29, 1.82) is 0 Å². The molecule has 2 unspecified atom stereocenters. The number of aliphatic hydroxyl groups is 1.